The SMILES string of the molecule is CC(C)NC(C)(COc1cccc(C(C)(C)C)c1)C(N)=O. The van der Waals surface area contributed by atoms with Gasteiger partial charge < -0.3 is 10.5 Å². The van der Waals surface area contributed by atoms with Crippen molar-refractivity contribution in [1.29, 1.82) is 0 Å². The van der Waals surface area contributed by atoms with Crippen LogP contribution in [-0.4, -0.2) is 24.1 Å². The van der Waals surface area contributed by atoms with Crippen molar-refractivity contribution in [2.24, 2.45) is 5.73 Å². The Hall–Kier alpha value is -1.55. The zero-order chi connectivity index (χ0) is 16.3. The quantitative estimate of drug-likeness (QED) is 0.847. The van der Waals surface area contributed by atoms with E-state index in [1.54, 1.807) is 6.92 Å². The molecule has 1 unspecified atom stereocenters. The number of hydrogen-bond acceptors (Lipinski definition) is 3. The van der Waals surface area contributed by atoms with E-state index in [-0.39, 0.29) is 18.1 Å². The van der Waals surface area contributed by atoms with Crippen LogP contribution < -0.4 is 15.8 Å². The topological polar surface area (TPSA) is 64.3 Å². The average molecular weight is 292 g/mol. The number of ether oxygens (including phenoxy) is 1. The van der Waals surface area contributed by atoms with Crippen LogP contribution in [0.3, 0.4) is 0 Å². The monoisotopic (exact) mass is 292 g/mol. The fraction of sp³-hybridized carbons (Fsp3) is 0.588. The Bertz CT molecular complexity index is 492. The van der Waals surface area contributed by atoms with Crippen molar-refractivity contribution in [2.45, 2.75) is 58.5 Å². The molecule has 1 rings (SSSR count). The molecule has 21 heavy (non-hydrogen) atoms. The Balaban J connectivity index is 2.84. The van der Waals surface area contributed by atoms with Crippen LogP contribution in [0.1, 0.15) is 47.1 Å². The zero-order valence-corrected chi connectivity index (χ0v) is 14.0. The van der Waals surface area contributed by atoms with Crippen molar-refractivity contribution in [3.8, 4) is 5.75 Å². The third-order valence-electron chi connectivity index (χ3n) is 3.38. The normalized spacial score (nSPS) is 14.8. The molecule has 1 aromatic carbocycles. The van der Waals surface area contributed by atoms with Gasteiger partial charge in [0.1, 0.15) is 17.9 Å². The predicted octanol–water partition coefficient (Wildman–Crippen LogP) is 2.60. The van der Waals surface area contributed by atoms with E-state index in [0.717, 1.165) is 5.75 Å². The van der Waals surface area contributed by atoms with Gasteiger partial charge in [-0.2, -0.15) is 0 Å². The van der Waals surface area contributed by atoms with Crippen LogP contribution in [0.4, 0.5) is 0 Å². The molecule has 0 aliphatic rings. The molecule has 0 heterocycles. The summed E-state index contributed by atoms with van der Waals surface area (Å²) in [6, 6.07) is 8.09. The van der Waals surface area contributed by atoms with Gasteiger partial charge in [-0.15, -0.1) is 0 Å². The van der Waals surface area contributed by atoms with Crippen molar-refractivity contribution >= 4 is 5.91 Å². The lowest BCUT2D eigenvalue weighted by atomic mass is 9.87. The summed E-state index contributed by atoms with van der Waals surface area (Å²) in [4.78, 5) is 11.7. The Kier molecular flexibility index (Phi) is 5.40. The Morgan fingerprint density at radius 2 is 1.90 bits per heavy atom. The third kappa shape index (κ3) is 5.05. The maximum absolute atomic E-state index is 11.7. The summed E-state index contributed by atoms with van der Waals surface area (Å²) in [6.07, 6.45) is 0. The van der Waals surface area contributed by atoms with Crippen molar-refractivity contribution in [1.82, 2.24) is 5.32 Å². The molecule has 4 heteroatoms. The van der Waals surface area contributed by atoms with E-state index >= 15 is 0 Å². The van der Waals surface area contributed by atoms with E-state index in [0.29, 0.717) is 0 Å². The molecular formula is C17H28N2O2. The van der Waals surface area contributed by atoms with Crippen LogP contribution in [0, 0.1) is 0 Å². The molecule has 118 valence electrons. The highest BCUT2D eigenvalue weighted by molar-refractivity contribution is 5.84. The van der Waals surface area contributed by atoms with E-state index in [9.17, 15) is 4.79 Å². The summed E-state index contributed by atoms with van der Waals surface area (Å²) in [5.74, 6) is 0.337. The first-order valence-electron chi connectivity index (χ1n) is 7.35. The maximum atomic E-state index is 11.7. The summed E-state index contributed by atoms with van der Waals surface area (Å²) >= 11 is 0. The number of carbonyl (C=O) groups excluding carboxylic acids is 1. The first kappa shape index (κ1) is 17.5. The molecule has 3 N–H and O–H groups in total. The number of nitrogens with one attached hydrogen (secondary N) is 1. The number of rotatable bonds is 6. The van der Waals surface area contributed by atoms with Crippen molar-refractivity contribution in [3.63, 3.8) is 0 Å². The summed E-state index contributed by atoms with van der Waals surface area (Å²) in [6.45, 7) is 12.4. The van der Waals surface area contributed by atoms with Gasteiger partial charge in [-0.05, 0) is 43.9 Å². The molecule has 0 saturated heterocycles. The largest absolute Gasteiger partial charge is 0.491 e. The lowest BCUT2D eigenvalue weighted by Gasteiger charge is -2.30. The zero-order valence-electron chi connectivity index (χ0n) is 14.0. The molecule has 0 radical (unpaired) electrons. The van der Waals surface area contributed by atoms with E-state index in [1.165, 1.54) is 5.56 Å². The highest BCUT2D eigenvalue weighted by Gasteiger charge is 2.32. The minimum absolute atomic E-state index is 0.0581. The van der Waals surface area contributed by atoms with Crippen LogP contribution in [-0.2, 0) is 10.2 Å². The summed E-state index contributed by atoms with van der Waals surface area (Å²) in [5, 5.41) is 3.17. The van der Waals surface area contributed by atoms with Crippen molar-refractivity contribution in [3.05, 3.63) is 29.8 Å². The smallest absolute Gasteiger partial charge is 0.240 e. The van der Waals surface area contributed by atoms with E-state index in [1.807, 2.05) is 32.0 Å². The highest BCUT2D eigenvalue weighted by atomic mass is 16.5. The summed E-state index contributed by atoms with van der Waals surface area (Å²) < 4.78 is 5.81. The second-order valence-electron chi connectivity index (χ2n) is 7.06. The van der Waals surface area contributed by atoms with Crippen LogP contribution in [0.15, 0.2) is 24.3 Å². The fourth-order valence-corrected chi connectivity index (χ4v) is 2.10. The molecule has 0 fully saturated rings. The Morgan fingerprint density at radius 1 is 1.29 bits per heavy atom. The predicted molar refractivity (Wildman–Crippen MR) is 86.5 cm³/mol. The minimum Gasteiger partial charge on any atom is -0.491 e. The fourth-order valence-electron chi connectivity index (χ4n) is 2.10. The molecule has 1 atom stereocenters. The van der Waals surface area contributed by atoms with Gasteiger partial charge in [0.25, 0.3) is 0 Å². The second-order valence-corrected chi connectivity index (χ2v) is 7.06. The first-order chi connectivity index (χ1) is 9.54. The molecular weight excluding hydrogens is 264 g/mol. The van der Waals surface area contributed by atoms with Gasteiger partial charge in [-0.1, -0.05) is 32.9 Å². The standard InChI is InChI=1S/C17H28N2O2/c1-12(2)19-17(6,15(18)20)11-21-14-9-7-8-13(10-14)16(3,4)5/h7-10,12,19H,11H2,1-6H3,(H2,18,20). The number of amides is 1. The van der Waals surface area contributed by atoms with E-state index in [4.69, 9.17) is 10.5 Å². The van der Waals surface area contributed by atoms with Crippen LogP contribution in [0.25, 0.3) is 0 Å². The maximum Gasteiger partial charge on any atom is 0.240 e. The molecule has 1 amide bonds. The lowest BCUT2D eigenvalue weighted by Crippen LogP contribution is -2.59. The van der Waals surface area contributed by atoms with Crippen LogP contribution in [0.2, 0.25) is 0 Å². The molecule has 0 bridgehead atoms. The van der Waals surface area contributed by atoms with E-state index in [2.05, 4.69) is 32.2 Å². The van der Waals surface area contributed by atoms with Gasteiger partial charge in [-0.3, -0.25) is 10.1 Å². The number of nitrogens with two attached hydrogens (primary N) is 1. The van der Waals surface area contributed by atoms with Gasteiger partial charge in [0, 0.05) is 6.04 Å². The van der Waals surface area contributed by atoms with Gasteiger partial charge in [0.15, 0.2) is 0 Å². The molecule has 0 aromatic heterocycles. The molecule has 4 nitrogen and oxygen atoms in total. The number of hydrogen-bond donors (Lipinski definition) is 2. The van der Waals surface area contributed by atoms with Gasteiger partial charge in [0.2, 0.25) is 5.91 Å². The molecule has 0 aliphatic heterocycles. The van der Waals surface area contributed by atoms with Gasteiger partial charge in [-0.25, -0.2) is 0 Å². The second kappa shape index (κ2) is 6.48. The third-order valence-corrected chi connectivity index (χ3v) is 3.38. The Morgan fingerprint density at radius 3 is 2.38 bits per heavy atom. The van der Waals surface area contributed by atoms with Crippen LogP contribution in [0.5, 0.6) is 5.75 Å². The summed E-state index contributed by atoms with van der Waals surface area (Å²) in [5.41, 5.74) is 5.87. The summed E-state index contributed by atoms with van der Waals surface area (Å²) in [7, 11) is 0. The van der Waals surface area contributed by atoms with E-state index < -0.39 is 11.4 Å². The number of primary amides is 1. The highest BCUT2D eigenvalue weighted by Crippen LogP contribution is 2.26. The average Bonchev–Trinajstić information content (AvgIpc) is 2.35. The molecule has 0 spiro atoms. The lowest BCUT2D eigenvalue weighted by molar-refractivity contribution is -0.125. The van der Waals surface area contributed by atoms with Crippen molar-refractivity contribution < 1.29 is 9.53 Å². The Labute approximate surface area is 128 Å². The van der Waals surface area contributed by atoms with Gasteiger partial charge >= 0.3 is 0 Å². The van der Waals surface area contributed by atoms with Gasteiger partial charge in [0.05, 0.1) is 0 Å². The first-order valence-corrected chi connectivity index (χ1v) is 7.35. The minimum atomic E-state index is -0.883. The molecule has 0 aliphatic carbocycles. The number of carbonyl (C=O) groups is 1. The number of benzene rings is 1. The van der Waals surface area contributed by atoms with Crippen molar-refractivity contribution in [2.75, 3.05) is 6.61 Å². The molecule has 1 aromatic rings. The van der Waals surface area contributed by atoms with Crippen LogP contribution >= 0.6 is 0 Å². The molecule has 0 saturated carbocycles.